The summed E-state index contributed by atoms with van der Waals surface area (Å²) in [4.78, 5) is 17.2. The van der Waals surface area contributed by atoms with Crippen LogP contribution in [0.2, 0.25) is 0 Å². The molecule has 2 aromatic heterocycles. The van der Waals surface area contributed by atoms with Gasteiger partial charge in [0.2, 0.25) is 5.91 Å². The van der Waals surface area contributed by atoms with Crippen molar-refractivity contribution in [1.29, 1.82) is 5.26 Å². The standard InChI is InChI=1S/C31H26N4O3S/c1-37-25-10-5-21(6-11-25)30(22-7-12-26(38-2)13-8-22)23(18-32)9-14-29(36)34-27-15-17-35-28(27)20-39-31(35)24-4-3-16-33-19-24/h3-17,19,31H,20H2,1-2H3,(H,34,36)/t31-/m1/s1. The zero-order valence-electron chi connectivity index (χ0n) is 21.5. The van der Waals surface area contributed by atoms with Crippen LogP contribution < -0.4 is 14.8 Å². The molecule has 4 aromatic rings. The number of hydrogen-bond acceptors (Lipinski definition) is 6. The first-order chi connectivity index (χ1) is 19.1. The number of nitriles is 1. The van der Waals surface area contributed by atoms with Crippen LogP contribution in [-0.2, 0) is 10.5 Å². The van der Waals surface area contributed by atoms with E-state index >= 15 is 0 Å². The number of fused-ring (bicyclic) bond motifs is 1. The van der Waals surface area contributed by atoms with Gasteiger partial charge in [-0.25, -0.2) is 0 Å². The normalized spacial score (nSPS) is 13.9. The molecule has 8 heteroatoms. The molecule has 1 N–H and O–H groups in total. The van der Waals surface area contributed by atoms with E-state index in [9.17, 15) is 10.1 Å². The molecule has 0 fully saturated rings. The number of aromatic nitrogens is 2. The van der Waals surface area contributed by atoms with Crippen LogP contribution in [0.15, 0.2) is 103 Å². The average Bonchev–Trinajstić information content (AvgIpc) is 3.59. The molecule has 7 nitrogen and oxygen atoms in total. The van der Waals surface area contributed by atoms with Crippen molar-refractivity contribution in [2.24, 2.45) is 0 Å². The second-order valence-corrected chi connectivity index (χ2v) is 9.78. The average molecular weight is 535 g/mol. The monoisotopic (exact) mass is 534 g/mol. The van der Waals surface area contributed by atoms with Gasteiger partial charge in [-0.3, -0.25) is 9.78 Å². The number of carbonyl (C=O) groups is 1. The highest BCUT2D eigenvalue weighted by Crippen LogP contribution is 2.43. The molecule has 0 unspecified atom stereocenters. The molecule has 0 radical (unpaired) electrons. The van der Waals surface area contributed by atoms with Gasteiger partial charge in [0.1, 0.15) is 16.9 Å². The summed E-state index contributed by atoms with van der Waals surface area (Å²) in [6.07, 6.45) is 8.57. The quantitative estimate of drug-likeness (QED) is 0.164. The number of ether oxygens (including phenoxy) is 2. The summed E-state index contributed by atoms with van der Waals surface area (Å²) in [6, 6.07) is 23.1. The zero-order valence-corrected chi connectivity index (χ0v) is 22.3. The minimum absolute atomic E-state index is 0.125. The number of benzene rings is 2. The molecule has 1 atom stereocenters. The fourth-order valence-electron chi connectivity index (χ4n) is 4.49. The first-order valence-electron chi connectivity index (χ1n) is 12.2. The Morgan fingerprint density at radius 3 is 2.26 bits per heavy atom. The zero-order chi connectivity index (χ0) is 27.2. The third-order valence-electron chi connectivity index (χ3n) is 6.43. The van der Waals surface area contributed by atoms with E-state index in [1.807, 2.05) is 73.1 Å². The number of anilines is 1. The van der Waals surface area contributed by atoms with Gasteiger partial charge in [-0.2, -0.15) is 5.26 Å². The molecule has 2 aromatic carbocycles. The molecular formula is C31H26N4O3S. The summed E-state index contributed by atoms with van der Waals surface area (Å²) in [6.45, 7) is 0. The third-order valence-corrected chi connectivity index (χ3v) is 7.69. The largest absolute Gasteiger partial charge is 0.497 e. The van der Waals surface area contributed by atoms with Crippen molar-refractivity contribution in [3.63, 3.8) is 0 Å². The lowest BCUT2D eigenvalue weighted by Gasteiger charge is -2.12. The topological polar surface area (TPSA) is 89.2 Å². The lowest BCUT2D eigenvalue weighted by atomic mass is 9.93. The molecule has 0 aliphatic carbocycles. The predicted molar refractivity (Wildman–Crippen MR) is 153 cm³/mol. The van der Waals surface area contributed by atoms with Crippen LogP contribution in [0.1, 0.15) is 27.8 Å². The summed E-state index contributed by atoms with van der Waals surface area (Å²) >= 11 is 1.78. The molecule has 0 saturated carbocycles. The summed E-state index contributed by atoms with van der Waals surface area (Å²) in [5.41, 5.74) is 5.63. The first kappa shape index (κ1) is 25.9. The Morgan fingerprint density at radius 1 is 1.03 bits per heavy atom. The predicted octanol–water partition coefficient (Wildman–Crippen LogP) is 6.21. The number of hydrogen-bond donors (Lipinski definition) is 1. The van der Waals surface area contributed by atoms with E-state index in [1.165, 1.54) is 6.08 Å². The van der Waals surface area contributed by atoms with Crippen LogP contribution in [-0.4, -0.2) is 29.7 Å². The van der Waals surface area contributed by atoms with Gasteiger partial charge in [0, 0.05) is 41.6 Å². The molecule has 39 heavy (non-hydrogen) atoms. The van der Waals surface area contributed by atoms with Gasteiger partial charge in [-0.05, 0) is 53.6 Å². The van der Waals surface area contributed by atoms with Crippen molar-refractivity contribution in [2.45, 2.75) is 11.1 Å². The fourth-order valence-corrected chi connectivity index (χ4v) is 5.80. The minimum Gasteiger partial charge on any atom is -0.497 e. The summed E-state index contributed by atoms with van der Waals surface area (Å²) < 4.78 is 12.7. The van der Waals surface area contributed by atoms with E-state index in [0.717, 1.165) is 33.8 Å². The molecule has 0 bridgehead atoms. The third kappa shape index (κ3) is 5.59. The summed E-state index contributed by atoms with van der Waals surface area (Å²) in [5, 5.41) is 13.2. The van der Waals surface area contributed by atoms with Crippen LogP contribution in [0.4, 0.5) is 5.69 Å². The van der Waals surface area contributed by atoms with Gasteiger partial charge >= 0.3 is 0 Å². The Kier molecular flexibility index (Phi) is 7.80. The second-order valence-electron chi connectivity index (χ2n) is 8.71. The van der Waals surface area contributed by atoms with E-state index in [4.69, 9.17) is 9.47 Å². The number of thioether (sulfide) groups is 1. The lowest BCUT2D eigenvalue weighted by molar-refractivity contribution is -0.111. The first-order valence-corrected chi connectivity index (χ1v) is 13.3. The summed E-state index contributed by atoms with van der Waals surface area (Å²) in [5.74, 6) is 1.89. The van der Waals surface area contributed by atoms with Crippen molar-refractivity contribution >= 4 is 28.9 Å². The Labute approximate surface area is 231 Å². The molecule has 0 spiro atoms. The molecule has 3 heterocycles. The number of nitrogens with zero attached hydrogens (tertiary/aromatic N) is 3. The summed E-state index contributed by atoms with van der Waals surface area (Å²) in [7, 11) is 3.21. The maximum atomic E-state index is 13.0. The number of pyridine rings is 1. The molecule has 194 valence electrons. The van der Waals surface area contributed by atoms with E-state index < -0.39 is 0 Å². The van der Waals surface area contributed by atoms with Gasteiger partial charge in [-0.15, -0.1) is 11.8 Å². The minimum atomic E-state index is -0.310. The Balaban J connectivity index is 1.42. The van der Waals surface area contributed by atoms with E-state index in [-0.39, 0.29) is 11.3 Å². The number of rotatable bonds is 8. The number of nitrogens with one attached hydrogen (secondary N) is 1. The van der Waals surface area contributed by atoms with Gasteiger partial charge < -0.3 is 19.4 Å². The smallest absolute Gasteiger partial charge is 0.248 e. The number of methoxy groups -OCH3 is 2. The van der Waals surface area contributed by atoms with Crippen LogP contribution in [0.5, 0.6) is 11.5 Å². The van der Waals surface area contributed by atoms with Crippen LogP contribution in [0, 0.1) is 11.3 Å². The number of amides is 1. The molecule has 5 rings (SSSR count). The highest BCUT2D eigenvalue weighted by Gasteiger charge is 2.26. The van der Waals surface area contributed by atoms with Crippen LogP contribution in [0.3, 0.4) is 0 Å². The highest BCUT2D eigenvalue weighted by molar-refractivity contribution is 7.99. The Morgan fingerprint density at radius 2 is 1.69 bits per heavy atom. The van der Waals surface area contributed by atoms with Crippen LogP contribution >= 0.6 is 11.8 Å². The second kappa shape index (κ2) is 11.8. The fraction of sp³-hybridized carbons (Fsp3) is 0.129. The van der Waals surface area contributed by atoms with Gasteiger partial charge in [0.15, 0.2) is 0 Å². The Bertz CT molecular complexity index is 1520. The van der Waals surface area contributed by atoms with Gasteiger partial charge in [0.25, 0.3) is 0 Å². The van der Waals surface area contributed by atoms with Gasteiger partial charge in [0.05, 0.1) is 37.2 Å². The van der Waals surface area contributed by atoms with Crippen molar-refractivity contribution in [3.8, 4) is 17.6 Å². The van der Waals surface area contributed by atoms with Crippen molar-refractivity contribution in [2.75, 3.05) is 19.5 Å². The Hall–Kier alpha value is -4.74. The van der Waals surface area contributed by atoms with Crippen LogP contribution in [0.25, 0.3) is 5.57 Å². The van der Waals surface area contributed by atoms with E-state index in [0.29, 0.717) is 22.6 Å². The molecule has 1 aliphatic rings. The maximum Gasteiger partial charge on any atom is 0.248 e. The molecule has 0 saturated heterocycles. The van der Waals surface area contributed by atoms with Crippen molar-refractivity contribution in [3.05, 3.63) is 125 Å². The molecular weight excluding hydrogens is 508 g/mol. The lowest BCUT2D eigenvalue weighted by Crippen LogP contribution is -2.09. The molecule has 1 amide bonds. The van der Waals surface area contributed by atoms with Crippen molar-refractivity contribution < 1.29 is 14.3 Å². The number of allylic oxidation sites excluding steroid dienone is 2. The van der Waals surface area contributed by atoms with E-state index in [1.54, 1.807) is 38.3 Å². The number of carbonyl (C=O) groups excluding carboxylic acids is 1. The van der Waals surface area contributed by atoms with Crippen molar-refractivity contribution in [1.82, 2.24) is 9.55 Å². The maximum absolute atomic E-state index is 13.0. The SMILES string of the molecule is COc1ccc(C(=C(C#N)C=CC(=O)Nc2ccn3c2CS[C@@H]3c2cccnc2)c2ccc(OC)cc2)cc1. The van der Waals surface area contributed by atoms with E-state index in [2.05, 4.69) is 27.0 Å². The highest BCUT2D eigenvalue weighted by atomic mass is 32.2. The molecule has 1 aliphatic heterocycles. The van der Waals surface area contributed by atoms with Gasteiger partial charge in [-0.1, -0.05) is 30.3 Å².